The molecule has 0 saturated carbocycles. The molecule has 1 atom stereocenters. The Morgan fingerprint density at radius 2 is 2.18 bits per heavy atom. The van der Waals surface area contributed by atoms with Gasteiger partial charge in [0.2, 0.25) is 0 Å². The minimum atomic E-state index is -0.446. The summed E-state index contributed by atoms with van der Waals surface area (Å²) in [7, 11) is 0. The third-order valence-electron chi connectivity index (χ3n) is 2.30. The Bertz CT molecular complexity index is 385. The molecule has 0 saturated heterocycles. The average molecular weight is 262 g/mol. The van der Waals surface area contributed by atoms with Gasteiger partial charge >= 0.3 is 5.97 Å². The second kappa shape index (κ2) is 7.25. The number of carbonyl (C=O) groups is 1. The first-order valence-corrected chi connectivity index (χ1v) is 5.21. The van der Waals surface area contributed by atoms with Gasteiger partial charge in [0, 0.05) is 6.04 Å². The first kappa shape index (κ1) is 15.9. The van der Waals surface area contributed by atoms with Crippen LogP contribution in [0.1, 0.15) is 30.5 Å². The number of aryl methyl sites for hydroxylation is 1. The Kier molecular flexibility index (Phi) is 6.76. The quantitative estimate of drug-likeness (QED) is 0.848. The van der Waals surface area contributed by atoms with Crippen molar-refractivity contribution in [3.63, 3.8) is 0 Å². The molecule has 0 spiro atoms. The number of halogens is 2. The topological polar surface area (TPSA) is 52.3 Å². The average Bonchev–Trinajstić information content (AvgIpc) is 2.22. The second-order valence-corrected chi connectivity index (χ2v) is 3.62. The summed E-state index contributed by atoms with van der Waals surface area (Å²) < 4.78 is 17.8. The van der Waals surface area contributed by atoms with Crippen LogP contribution in [0.5, 0.6) is 0 Å². The molecule has 5 heteroatoms. The summed E-state index contributed by atoms with van der Waals surface area (Å²) >= 11 is 0. The first-order valence-electron chi connectivity index (χ1n) is 5.21. The maximum atomic E-state index is 13.0. The summed E-state index contributed by atoms with van der Waals surface area (Å²) in [6.45, 7) is 3.75. The molecule has 2 N–H and O–H groups in total. The summed E-state index contributed by atoms with van der Waals surface area (Å²) in [6.07, 6.45) is 0.110. The maximum absolute atomic E-state index is 13.0. The van der Waals surface area contributed by atoms with Crippen LogP contribution in [0.2, 0.25) is 0 Å². The van der Waals surface area contributed by atoms with E-state index in [4.69, 9.17) is 10.5 Å². The summed E-state index contributed by atoms with van der Waals surface area (Å²) in [5.74, 6) is -0.607. The molecule has 0 amide bonds. The Labute approximate surface area is 107 Å². The van der Waals surface area contributed by atoms with Crippen LogP contribution in [-0.4, -0.2) is 12.6 Å². The van der Waals surface area contributed by atoms with E-state index in [9.17, 15) is 9.18 Å². The zero-order valence-electron chi connectivity index (χ0n) is 9.90. The number of hydrogen-bond acceptors (Lipinski definition) is 3. The molecule has 96 valence electrons. The van der Waals surface area contributed by atoms with Gasteiger partial charge in [-0.1, -0.05) is 12.1 Å². The zero-order chi connectivity index (χ0) is 12.1. The van der Waals surface area contributed by atoms with E-state index in [-0.39, 0.29) is 30.6 Å². The van der Waals surface area contributed by atoms with Crippen molar-refractivity contribution < 1.29 is 13.9 Å². The van der Waals surface area contributed by atoms with E-state index in [1.807, 2.05) is 0 Å². The monoisotopic (exact) mass is 261 g/mol. The van der Waals surface area contributed by atoms with Gasteiger partial charge in [0.25, 0.3) is 0 Å². The number of nitrogens with two attached hydrogens (primary N) is 1. The van der Waals surface area contributed by atoms with Crippen LogP contribution in [0.25, 0.3) is 0 Å². The molecule has 0 aliphatic carbocycles. The summed E-state index contributed by atoms with van der Waals surface area (Å²) in [6, 6.07) is 4.15. The van der Waals surface area contributed by atoms with Crippen LogP contribution in [0.3, 0.4) is 0 Å². The summed E-state index contributed by atoms with van der Waals surface area (Å²) in [5.41, 5.74) is 7.09. The van der Waals surface area contributed by atoms with Crippen LogP contribution >= 0.6 is 12.4 Å². The summed E-state index contributed by atoms with van der Waals surface area (Å²) in [4.78, 5) is 11.2. The van der Waals surface area contributed by atoms with Crippen LogP contribution in [-0.2, 0) is 9.53 Å². The van der Waals surface area contributed by atoms with E-state index in [0.29, 0.717) is 12.2 Å². The van der Waals surface area contributed by atoms with Gasteiger partial charge < -0.3 is 10.5 Å². The molecule has 1 aromatic carbocycles. The fraction of sp³-hybridized carbons (Fsp3) is 0.417. The van der Waals surface area contributed by atoms with Crippen molar-refractivity contribution in [2.45, 2.75) is 26.3 Å². The van der Waals surface area contributed by atoms with Gasteiger partial charge in [0.1, 0.15) is 5.82 Å². The van der Waals surface area contributed by atoms with Crippen molar-refractivity contribution in [3.05, 3.63) is 35.1 Å². The third kappa shape index (κ3) is 4.71. The molecular weight excluding hydrogens is 245 g/mol. The fourth-order valence-electron chi connectivity index (χ4n) is 1.42. The van der Waals surface area contributed by atoms with Crippen molar-refractivity contribution in [2.75, 3.05) is 6.61 Å². The van der Waals surface area contributed by atoms with Crippen LogP contribution in [0.4, 0.5) is 4.39 Å². The Morgan fingerprint density at radius 1 is 1.53 bits per heavy atom. The summed E-state index contributed by atoms with van der Waals surface area (Å²) in [5, 5.41) is 0. The van der Waals surface area contributed by atoms with Crippen LogP contribution in [0, 0.1) is 12.7 Å². The lowest BCUT2D eigenvalue weighted by Crippen LogP contribution is -2.17. The smallest absolute Gasteiger partial charge is 0.307 e. The lowest BCUT2D eigenvalue weighted by atomic mass is 10.0. The Hall–Kier alpha value is -1.13. The molecule has 1 rings (SSSR count). The standard InChI is InChI=1S/C12H16FNO2.ClH/c1-3-16-12(15)7-11(14)9-4-5-10(13)8(2)6-9;/h4-6,11H,3,7,14H2,1-2H3;1H/t11-;/m1./s1. The Morgan fingerprint density at radius 3 is 2.71 bits per heavy atom. The number of ether oxygens (including phenoxy) is 1. The number of hydrogen-bond donors (Lipinski definition) is 1. The van der Waals surface area contributed by atoms with E-state index in [2.05, 4.69) is 0 Å². The molecule has 3 nitrogen and oxygen atoms in total. The van der Waals surface area contributed by atoms with Crippen molar-refractivity contribution in [2.24, 2.45) is 5.73 Å². The van der Waals surface area contributed by atoms with Gasteiger partial charge in [-0.25, -0.2) is 4.39 Å². The normalized spacial score (nSPS) is 11.5. The van der Waals surface area contributed by atoms with Crippen LogP contribution < -0.4 is 5.73 Å². The Balaban J connectivity index is 0.00000256. The van der Waals surface area contributed by atoms with Gasteiger partial charge in [0.05, 0.1) is 13.0 Å². The van der Waals surface area contributed by atoms with Crippen molar-refractivity contribution in [1.82, 2.24) is 0 Å². The van der Waals surface area contributed by atoms with Crippen molar-refractivity contribution in [3.8, 4) is 0 Å². The molecular formula is C12H17ClFNO2. The molecule has 1 aromatic rings. The minimum absolute atomic E-state index is 0. The van der Waals surface area contributed by atoms with E-state index in [0.717, 1.165) is 5.56 Å². The molecule has 0 aliphatic rings. The number of carbonyl (C=O) groups excluding carboxylic acids is 1. The third-order valence-corrected chi connectivity index (χ3v) is 2.30. The molecule has 0 radical (unpaired) electrons. The molecule has 0 aromatic heterocycles. The second-order valence-electron chi connectivity index (χ2n) is 3.62. The number of benzene rings is 1. The molecule has 0 unspecified atom stereocenters. The van der Waals surface area contributed by atoms with E-state index >= 15 is 0 Å². The predicted octanol–water partition coefficient (Wildman–Crippen LogP) is 2.51. The minimum Gasteiger partial charge on any atom is -0.466 e. The highest BCUT2D eigenvalue weighted by Gasteiger charge is 2.13. The van der Waals surface area contributed by atoms with Gasteiger partial charge in [0.15, 0.2) is 0 Å². The molecule has 17 heavy (non-hydrogen) atoms. The van der Waals surface area contributed by atoms with Crippen LogP contribution in [0.15, 0.2) is 18.2 Å². The highest BCUT2D eigenvalue weighted by molar-refractivity contribution is 5.85. The molecule has 0 bridgehead atoms. The van der Waals surface area contributed by atoms with E-state index in [1.165, 1.54) is 6.07 Å². The van der Waals surface area contributed by atoms with Crippen molar-refractivity contribution >= 4 is 18.4 Å². The maximum Gasteiger partial charge on any atom is 0.307 e. The van der Waals surface area contributed by atoms with E-state index in [1.54, 1.807) is 26.0 Å². The lowest BCUT2D eigenvalue weighted by molar-refractivity contribution is -0.143. The van der Waals surface area contributed by atoms with Crippen molar-refractivity contribution in [1.29, 1.82) is 0 Å². The van der Waals surface area contributed by atoms with E-state index < -0.39 is 6.04 Å². The highest BCUT2D eigenvalue weighted by Crippen LogP contribution is 2.17. The highest BCUT2D eigenvalue weighted by atomic mass is 35.5. The number of esters is 1. The molecule has 0 heterocycles. The fourth-order valence-corrected chi connectivity index (χ4v) is 1.42. The van der Waals surface area contributed by atoms with Gasteiger partial charge in [-0.15, -0.1) is 12.4 Å². The number of rotatable bonds is 4. The SMILES string of the molecule is CCOC(=O)C[C@@H](N)c1ccc(F)c(C)c1.Cl. The first-order chi connectivity index (χ1) is 7.54. The lowest BCUT2D eigenvalue weighted by Gasteiger charge is -2.12. The zero-order valence-corrected chi connectivity index (χ0v) is 10.7. The largest absolute Gasteiger partial charge is 0.466 e. The van der Waals surface area contributed by atoms with Gasteiger partial charge in [-0.2, -0.15) is 0 Å². The predicted molar refractivity (Wildman–Crippen MR) is 66.6 cm³/mol. The molecule has 0 aliphatic heterocycles. The van der Waals surface area contributed by atoms with Gasteiger partial charge in [-0.05, 0) is 31.0 Å². The molecule has 0 fully saturated rings. The van der Waals surface area contributed by atoms with Gasteiger partial charge in [-0.3, -0.25) is 4.79 Å².